The molecule has 7 amide bonds. The fraction of sp³-hybridized carbons (Fsp3) is 0.479. The van der Waals surface area contributed by atoms with Crippen molar-refractivity contribution in [3.05, 3.63) is 118 Å². The molecule has 8 aliphatic heterocycles. The van der Waals surface area contributed by atoms with E-state index < -0.39 is 250 Å². The highest BCUT2D eigenvalue weighted by atomic mass is 35.5. The van der Waals surface area contributed by atoms with Gasteiger partial charge < -0.3 is 143 Å². The number of carboxylic acids is 1. The third kappa shape index (κ3) is 17.3. The van der Waals surface area contributed by atoms with Crippen LogP contribution in [0.2, 0.25) is 5.02 Å². The van der Waals surface area contributed by atoms with Gasteiger partial charge in [0, 0.05) is 46.7 Å². The molecule has 0 saturated carbocycles. The Morgan fingerprint density at radius 2 is 1.27 bits per heavy atom. The number of rotatable bonds is 15. The van der Waals surface area contributed by atoms with E-state index in [0.29, 0.717) is 0 Å². The molecule has 8 aliphatic rings. The number of amides is 7. The number of likely N-dealkylation sites (N-methyl/N-ethyl adjacent to an activating group) is 1. The highest BCUT2D eigenvalue weighted by molar-refractivity contribution is 6.32. The number of fused-ring (bicyclic) bond motifs is 15. The number of halogens is 1. The summed E-state index contributed by atoms with van der Waals surface area (Å²) in [6.45, 7) is 8.66. The van der Waals surface area contributed by atoms with Crippen molar-refractivity contribution in [3.63, 3.8) is 0 Å². The second-order valence-electron chi connectivity index (χ2n) is 29.1. The van der Waals surface area contributed by atoms with E-state index in [-0.39, 0.29) is 58.4 Å². The first kappa shape index (κ1) is 81.4. The molecular weight excluding hydrogens is 1470 g/mol. The van der Waals surface area contributed by atoms with Gasteiger partial charge >= 0.3 is 5.97 Å². The third-order valence-corrected chi connectivity index (χ3v) is 20.4. The van der Waals surface area contributed by atoms with Crippen molar-refractivity contribution < 1.29 is 127 Å². The summed E-state index contributed by atoms with van der Waals surface area (Å²) in [5.41, 5.74) is 13.6. The zero-order valence-electron chi connectivity index (χ0n) is 60.4. The number of aliphatic carboxylic acids is 1. The summed E-state index contributed by atoms with van der Waals surface area (Å²) < 4.78 is 51.7. The average Bonchev–Trinajstić information content (AvgIpc) is 0.765. The summed E-state index contributed by atoms with van der Waals surface area (Å²) >= 11 is 7.13. The minimum absolute atomic E-state index is 0.0420. The Balaban J connectivity index is 1.18. The number of nitrogens with two attached hydrogens (primary N) is 3. The molecule has 8 heterocycles. The van der Waals surface area contributed by atoms with E-state index in [9.17, 15) is 70.2 Å². The van der Waals surface area contributed by atoms with Crippen LogP contribution in [-0.4, -0.2) is 215 Å². The van der Waals surface area contributed by atoms with Gasteiger partial charge in [-0.15, -0.1) is 0 Å². The molecule has 0 aromatic heterocycles. The molecule has 37 heteroatoms. The molecule has 0 aliphatic carbocycles. The van der Waals surface area contributed by atoms with E-state index >= 15 is 19.2 Å². The molecule has 594 valence electrons. The standard InChI is InChI=1S/C73H89ClN10O26/c1-27(2)16-39(78-7)64(95)83-54-56(90)32-11-15-43(38(74)18-32)106-45-20-33-19-44(60(45)110-71-61(58(92)57(91)46(26-85)107-71)109-49-25-73(6,77)63(94)29(4)104-49)105-35-12-8-30(9-13-35)59(108-48-24-72(5,76)62(93)28(3)103-48)55-69(100)82-53(70(101)102)37-21-34(86)22-42(88)50(37)36-17-31(10-14-41(36)87)51(66(97)84-55)81-67(98)52(33)80-65(96)40(23-47(75)89)79-68(54)99/h8-15,17-22,27-29,39-40,46,48-49,51-59,61-63,71,78,85-88,90-94H,16,23-26,76-77H2,1-7H3,(H2,75,89)(H,79,99)(H,80,96)(H,81,98)(H,82,100)(H,83,95)(H,84,97)(H,101,102). The molecular formula is C73H89ClN10O26. The van der Waals surface area contributed by atoms with Crippen LogP contribution in [0.3, 0.4) is 0 Å². The zero-order valence-corrected chi connectivity index (χ0v) is 61.1. The number of carbonyl (C=O) groups is 8. The molecule has 3 saturated heterocycles. The Labute approximate surface area is 633 Å². The molecule has 5 aromatic rings. The van der Waals surface area contributed by atoms with Gasteiger partial charge in [0.1, 0.15) is 89.5 Å². The van der Waals surface area contributed by atoms with Gasteiger partial charge in [-0.3, -0.25) is 33.6 Å². The van der Waals surface area contributed by atoms with Crippen LogP contribution in [0.25, 0.3) is 11.1 Å². The zero-order chi connectivity index (χ0) is 80.0. The maximum atomic E-state index is 16.3. The number of phenolic OH excluding ortho intramolecular Hbond substituents is 3. The minimum atomic E-state index is -2.34. The van der Waals surface area contributed by atoms with Crippen LogP contribution in [0.4, 0.5) is 0 Å². The van der Waals surface area contributed by atoms with E-state index in [4.69, 9.17) is 66.7 Å². The molecule has 11 bridgehead atoms. The highest BCUT2D eigenvalue weighted by Crippen LogP contribution is 2.50. The molecule has 13 rings (SSSR count). The number of benzene rings is 5. The lowest BCUT2D eigenvalue weighted by atomic mass is 9.86. The number of hydrogen-bond donors (Lipinski definition) is 20. The van der Waals surface area contributed by atoms with Crippen LogP contribution in [0.5, 0.6) is 46.0 Å². The number of hydrogen-bond acceptors (Lipinski definition) is 28. The second kappa shape index (κ2) is 32.8. The van der Waals surface area contributed by atoms with Gasteiger partial charge in [-0.1, -0.05) is 49.7 Å². The molecule has 22 atom stereocenters. The van der Waals surface area contributed by atoms with Gasteiger partial charge in [-0.2, -0.15) is 0 Å². The summed E-state index contributed by atoms with van der Waals surface area (Å²) in [6, 6.07) is 1.51. The maximum Gasteiger partial charge on any atom is 0.330 e. The Hall–Kier alpha value is -9.61. The van der Waals surface area contributed by atoms with Crippen LogP contribution >= 0.6 is 11.6 Å². The van der Waals surface area contributed by atoms with E-state index in [2.05, 4.69) is 37.2 Å². The van der Waals surface area contributed by atoms with Crippen LogP contribution < -0.4 is 68.6 Å². The quantitative estimate of drug-likeness (QED) is 0.0639. The largest absolute Gasteiger partial charge is 0.508 e. The summed E-state index contributed by atoms with van der Waals surface area (Å²) in [4.78, 5) is 120. The van der Waals surface area contributed by atoms with Crippen LogP contribution in [0, 0.1) is 5.92 Å². The van der Waals surface area contributed by atoms with Crippen LogP contribution in [-0.2, 0) is 62.0 Å². The summed E-state index contributed by atoms with van der Waals surface area (Å²) in [5, 5.41) is 132. The smallest absolute Gasteiger partial charge is 0.330 e. The Bertz CT molecular complexity index is 4350. The summed E-state index contributed by atoms with van der Waals surface area (Å²) in [7, 11) is 1.48. The second-order valence-corrected chi connectivity index (χ2v) is 29.5. The van der Waals surface area contributed by atoms with Gasteiger partial charge in [0.15, 0.2) is 36.2 Å². The molecule has 110 heavy (non-hydrogen) atoms. The van der Waals surface area contributed by atoms with Crippen molar-refractivity contribution >= 4 is 58.9 Å². The van der Waals surface area contributed by atoms with E-state index in [1.807, 2.05) is 13.8 Å². The van der Waals surface area contributed by atoms with Crippen molar-refractivity contribution in [2.45, 2.75) is 201 Å². The van der Waals surface area contributed by atoms with Crippen molar-refractivity contribution in [1.82, 2.24) is 37.2 Å². The Morgan fingerprint density at radius 1 is 0.673 bits per heavy atom. The number of nitrogens with one attached hydrogen (secondary N) is 7. The number of aliphatic hydroxyl groups is 6. The molecule has 22 unspecified atom stereocenters. The van der Waals surface area contributed by atoms with Crippen molar-refractivity contribution in [2.24, 2.45) is 23.1 Å². The van der Waals surface area contributed by atoms with Crippen molar-refractivity contribution in [1.29, 1.82) is 0 Å². The molecule has 23 N–H and O–H groups in total. The lowest BCUT2D eigenvalue weighted by molar-refractivity contribution is -0.333. The first-order chi connectivity index (χ1) is 51.8. The number of phenols is 3. The normalized spacial score (nSPS) is 32.2. The summed E-state index contributed by atoms with van der Waals surface area (Å²) in [6.07, 6.45) is -22.4. The molecule has 0 radical (unpaired) electrons. The van der Waals surface area contributed by atoms with Crippen LogP contribution in [0.15, 0.2) is 84.9 Å². The number of aromatic hydroxyl groups is 3. The SMILES string of the molecule is CNC(CC(C)C)C(=O)NC1C(=O)NC(CC(N)=O)C(=O)NC2C(=O)NC3C(=O)NC(C(=O)NC(C(=O)O)c4cc(O)cc(O)c4-c4cc3ccc4O)C(OC3CC(C)(N)C(O)C(C)O3)c3ccc(cc3)Oc3cc2cc(c3OC2OC(CO)C(O)C(O)C2OC2CC(C)(N)C(O)C(C)O2)Oc2ccc(cc2Cl)C1O. The van der Waals surface area contributed by atoms with E-state index in [1.54, 1.807) is 0 Å². The van der Waals surface area contributed by atoms with E-state index in [1.165, 1.54) is 71.1 Å². The molecule has 0 spiro atoms. The topological polar surface area (TPSA) is 575 Å². The number of carboxylic acid groups (broad SMARTS) is 1. The van der Waals surface area contributed by atoms with Gasteiger partial charge in [0.25, 0.3) is 0 Å². The lowest BCUT2D eigenvalue weighted by Gasteiger charge is -2.47. The highest BCUT2D eigenvalue weighted by Gasteiger charge is 2.52. The van der Waals surface area contributed by atoms with Crippen LogP contribution in [0.1, 0.15) is 125 Å². The van der Waals surface area contributed by atoms with Gasteiger partial charge in [-0.25, -0.2) is 4.79 Å². The van der Waals surface area contributed by atoms with Gasteiger partial charge in [-0.05, 0) is 124 Å². The maximum absolute atomic E-state index is 16.3. The summed E-state index contributed by atoms with van der Waals surface area (Å²) in [5.74, 6) is -15.5. The fourth-order valence-electron chi connectivity index (χ4n) is 14.2. The Morgan fingerprint density at radius 3 is 1.87 bits per heavy atom. The first-order valence-corrected chi connectivity index (χ1v) is 35.6. The predicted molar refractivity (Wildman–Crippen MR) is 381 cm³/mol. The number of ether oxygens (including phenoxy) is 8. The molecule has 36 nitrogen and oxygen atoms in total. The van der Waals surface area contributed by atoms with Crippen molar-refractivity contribution in [3.8, 4) is 57.1 Å². The van der Waals surface area contributed by atoms with Crippen molar-refractivity contribution in [2.75, 3.05) is 13.7 Å². The molecule has 3 fully saturated rings. The predicted octanol–water partition coefficient (Wildman–Crippen LogP) is -0.310. The third-order valence-electron chi connectivity index (χ3n) is 20.1. The number of aliphatic hydroxyl groups excluding tert-OH is 6. The van der Waals surface area contributed by atoms with Gasteiger partial charge in [0.05, 0.1) is 48.5 Å². The number of primary amides is 1. The van der Waals surface area contributed by atoms with Gasteiger partial charge in [0.2, 0.25) is 53.4 Å². The molecule has 5 aromatic carbocycles. The monoisotopic (exact) mass is 1560 g/mol. The average molecular weight is 1560 g/mol. The number of carbonyl (C=O) groups excluding carboxylic acids is 7. The first-order valence-electron chi connectivity index (χ1n) is 35.2. The van der Waals surface area contributed by atoms with E-state index in [0.717, 1.165) is 48.5 Å². The minimum Gasteiger partial charge on any atom is -0.508 e. The Kier molecular flexibility index (Phi) is 24.2. The fourth-order valence-corrected chi connectivity index (χ4v) is 14.4. The lowest BCUT2D eigenvalue weighted by Crippen LogP contribution is -2.64.